The van der Waals surface area contributed by atoms with Gasteiger partial charge in [-0.2, -0.15) is 0 Å². The van der Waals surface area contributed by atoms with Crippen molar-refractivity contribution in [2.75, 3.05) is 10.8 Å². The second-order valence-corrected chi connectivity index (χ2v) is 12.0. The van der Waals surface area contributed by atoms with Gasteiger partial charge < -0.3 is 5.32 Å². The fourth-order valence-electron chi connectivity index (χ4n) is 4.70. The summed E-state index contributed by atoms with van der Waals surface area (Å²) in [6.07, 6.45) is 4.59. The molecule has 3 aromatic carbocycles. The van der Waals surface area contributed by atoms with Crippen LogP contribution in [0.25, 0.3) is 0 Å². The van der Waals surface area contributed by atoms with Crippen LogP contribution in [0.2, 0.25) is 0 Å². The van der Waals surface area contributed by atoms with E-state index in [1.165, 1.54) is 28.3 Å². The van der Waals surface area contributed by atoms with Gasteiger partial charge in [-0.1, -0.05) is 61.9 Å². The minimum absolute atomic E-state index is 0.163. The van der Waals surface area contributed by atoms with Crippen LogP contribution in [-0.4, -0.2) is 20.9 Å². The van der Waals surface area contributed by atoms with E-state index < -0.39 is 10.0 Å². The molecule has 1 aliphatic carbocycles. The lowest BCUT2D eigenvalue weighted by Crippen LogP contribution is -2.41. The second kappa shape index (κ2) is 10.9. The zero-order valence-electron chi connectivity index (χ0n) is 21.6. The van der Waals surface area contributed by atoms with Gasteiger partial charge in [0.1, 0.15) is 6.54 Å². The Labute approximate surface area is 215 Å². The summed E-state index contributed by atoms with van der Waals surface area (Å²) in [6.45, 7) is 7.73. The lowest BCUT2D eigenvalue weighted by atomic mass is 9.89. The van der Waals surface area contributed by atoms with Gasteiger partial charge in [0.2, 0.25) is 5.91 Å². The Morgan fingerprint density at radius 3 is 2.11 bits per heavy atom. The zero-order valence-corrected chi connectivity index (χ0v) is 22.4. The molecule has 0 fully saturated rings. The number of nitrogens with zero attached hydrogens (tertiary/aromatic N) is 1. The Morgan fingerprint density at radius 1 is 0.861 bits per heavy atom. The predicted octanol–water partition coefficient (Wildman–Crippen LogP) is 6.07. The number of rotatable bonds is 8. The van der Waals surface area contributed by atoms with Crippen molar-refractivity contribution >= 4 is 21.6 Å². The lowest BCUT2D eigenvalue weighted by Gasteiger charge is -2.26. The molecule has 0 saturated heterocycles. The van der Waals surface area contributed by atoms with Crippen molar-refractivity contribution in [3.8, 4) is 0 Å². The van der Waals surface area contributed by atoms with Gasteiger partial charge in [0.15, 0.2) is 0 Å². The first-order chi connectivity index (χ1) is 17.1. The molecule has 190 valence electrons. The van der Waals surface area contributed by atoms with Crippen molar-refractivity contribution in [1.82, 2.24) is 5.32 Å². The Kier molecular flexibility index (Phi) is 7.84. The smallest absolute Gasteiger partial charge is 0.264 e. The van der Waals surface area contributed by atoms with E-state index in [2.05, 4.69) is 37.4 Å². The highest BCUT2D eigenvalue weighted by atomic mass is 32.2. The predicted molar refractivity (Wildman–Crippen MR) is 146 cm³/mol. The fraction of sp³-hybridized carbons (Fsp3) is 0.367. The molecule has 1 unspecified atom stereocenters. The standard InChI is InChI=1S/C30H36N2O3S/c1-21(2)24-13-15-28(16-14-24)32(36(34,35)29-17-9-22(3)10-18-29)20-30(33)31-23(4)26-12-11-25-7-5-6-8-27(25)19-26/h9-19,21,23H,5-8,20H2,1-4H3,(H,31,33). The van der Waals surface area contributed by atoms with Gasteiger partial charge in [0.25, 0.3) is 10.0 Å². The van der Waals surface area contributed by atoms with E-state index in [4.69, 9.17) is 0 Å². The van der Waals surface area contributed by atoms with Crippen LogP contribution in [0.15, 0.2) is 71.6 Å². The third-order valence-corrected chi connectivity index (χ3v) is 8.78. The van der Waals surface area contributed by atoms with Crippen LogP contribution in [0.3, 0.4) is 0 Å². The molecule has 36 heavy (non-hydrogen) atoms. The Morgan fingerprint density at radius 2 is 1.47 bits per heavy atom. The first-order valence-corrected chi connectivity index (χ1v) is 14.2. The molecule has 0 aromatic heterocycles. The number of sulfonamides is 1. The van der Waals surface area contributed by atoms with Crippen molar-refractivity contribution in [1.29, 1.82) is 0 Å². The Hall–Kier alpha value is -3.12. The summed E-state index contributed by atoms with van der Waals surface area (Å²) < 4.78 is 28.5. The highest BCUT2D eigenvalue weighted by Gasteiger charge is 2.28. The molecule has 0 spiro atoms. The van der Waals surface area contributed by atoms with E-state index in [0.29, 0.717) is 11.6 Å². The summed E-state index contributed by atoms with van der Waals surface area (Å²) in [7, 11) is -3.94. The molecule has 4 rings (SSSR count). The SMILES string of the molecule is Cc1ccc(S(=O)(=O)N(CC(=O)NC(C)c2ccc3c(c2)CCCC3)c2ccc(C(C)C)cc2)cc1. The minimum atomic E-state index is -3.94. The summed E-state index contributed by atoms with van der Waals surface area (Å²) in [6, 6.07) is 20.3. The van der Waals surface area contributed by atoms with Crippen LogP contribution in [0.5, 0.6) is 0 Å². The molecule has 1 N–H and O–H groups in total. The molecular weight excluding hydrogens is 468 g/mol. The van der Waals surface area contributed by atoms with E-state index in [1.807, 2.05) is 26.0 Å². The van der Waals surface area contributed by atoms with Gasteiger partial charge in [0, 0.05) is 0 Å². The Bertz CT molecular complexity index is 1310. The third kappa shape index (κ3) is 5.81. The number of fused-ring (bicyclic) bond motifs is 1. The van der Waals surface area contributed by atoms with E-state index in [9.17, 15) is 13.2 Å². The monoisotopic (exact) mass is 504 g/mol. The van der Waals surface area contributed by atoms with Gasteiger partial charge >= 0.3 is 0 Å². The third-order valence-electron chi connectivity index (χ3n) is 6.99. The number of hydrogen-bond acceptors (Lipinski definition) is 3. The maximum atomic E-state index is 13.7. The van der Waals surface area contributed by atoms with Crippen LogP contribution < -0.4 is 9.62 Å². The summed E-state index contributed by atoms with van der Waals surface area (Å²) in [5, 5.41) is 3.02. The second-order valence-electron chi connectivity index (χ2n) is 10.1. The molecule has 6 heteroatoms. The normalized spacial score (nSPS) is 14.2. The fourth-order valence-corrected chi connectivity index (χ4v) is 6.12. The molecule has 1 amide bonds. The number of benzene rings is 3. The number of hydrogen-bond donors (Lipinski definition) is 1. The van der Waals surface area contributed by atoms with Gasteiger partial charge in [-0.15, -0.1) is 0 Å². The van der Waals surface area contributed by atoms with Crippen molar-refractivity contribution in [2.45, 2.75) is 70.2 Å². The number of amides is 1. The van der Waals surface area contributed by atoms with E-state index >= 15 is 0 Å². The van der Waals surface area contributed by atoms with E-state index in [-0.39, 0.29) is 23.4 Å². The minimum Gasteiger partial charge on any atom is -0.348 e. The van der Waals surface area contributed by atoms with Gasteiger partial charge in [-0.05, 0) is 92.0 Å². The van der Waals surface area contributed by atoms with Crippen molar-refractivity contribution in [3.63, 3.8) is 0 Å². The molecule has 0 aliphatic heterocycles. The van der Waals surface area contributed by atoms with Crippen molar-refractivity contribution in [2.24, 2.45) is 0 Å². The highest BCUT2D eigenvalue weighted by molar-refractivity contribution is 7.92. The molecular formula is C30H36N2O3S. The Balaban J connectivity index is 1.58. The maximum absolute atomic E-state index is 13.7. The molecule has 3 aromatic rings. The average Bonchev–Trinajstić information content (AvgIpc) is 2.87. The number of nitrogens with one attached hydrogen (secondary N) is 1. The topological polar surface area (TPSA) is 66.5 Å². The number of carbonyl (C=O) groups excluding carboxylic acids is 1. The van der Waals surface area contributed by atoms with E-state index in [1.54, 1.807) is 36.4 Å². The van der Waals surface area contributed by atoms with Crippen molar-refractivity contribution in [3.05, 3.63) is 94.5 Å². The summed E-state index contributed by atoms with van der Waals surface area (Å²) in [4.78, 5) is 13.4. The zero-order chi connectivity index (χ0) is 25.9. The summed E-state index contributed by atoms with van der Waals surface area (Å²) in [5.74, 6) is -0.0224. The molecule has 0 bridgehead atoms. The molecule has 0 radical (unpaired) electrons. The largest absolute Gasteiger partial charge is 0.348 e. The number of aryl methyl sites for hydroxylation is 3. The molecule has 1 atom stereocenters. The van der Waals surface area contributed by atoms with Gasteiger partial charge in [0.05, 0.1) is 16.6 Å². The van der Waals surface area contributed by atoms with E-state index in [0.717, 1.165) is 29.5 Å². The quantitative estimate of drug-likeness (QED) is 0.405. The molecule has 5 nitrogen and oxygen atoms in total. The van der Waals surface area contributed by atoms with Crippen LogP contribution in [0.1, 0.15) is 73.4 Å². The van der Waals surface area contributed by atoms with Crippen LogP contribution >= 0.6 is 0 Å². The van der Waals surface area contributed by atoms with Gasteiger partial charge in [-0.3, -0.25) is 9.10 Å². The van der Waals surface area contributed by atoms with Crippen LogP contribution in [-0.2, 0) is 27.7 Å². The summed E-state index contributed by atoms with van der Waals surface area (Å²) >= 11 is 0. The molecule has 0 saturated carbocycles. The number of carbonyl (C=O) groups is 1. The maximum Gasteiger partial charge on any atom is 0.264 e. The van der Waals surface area contributed by atoms with Crippen LogP contribution in [0.4, 0.5) is 5.69 Å². The highest BCUT2D eigenvalue weighted by Crippen LogP contribution is 2.27. The molecule has 0 heterocycles. The first-order valence-electron chi connectivity index (χ1n) is 12.8. The lowest BCUT2D eigenvalue weighted by molar-refractivity contribution is -0.120. The molecule has 1 aliphatic rings. The van der Waals surface area contributed by atoms with Crippen LogP contribution in [0, 0.1) is 6.92 Å². The van der Waals surface area contributed by atoms with Crippen molar-refractivity contribution < 1.29 is 13.2 Å². The number of anilines is 1. The summed E-state index contributed by atoms with van der Waals surface area (Å²) in [5.41, 5.74) is 6.34. The first kappa shape index (κ1) is 26.0. The average molecular weight is 505 g/mol. The van der Waals surface area contributed by atoms with Gasteiger partial charge in [-0.25, -0.2) is 8.42 Å².